The van der Waals surface area contributed by atoms with Crippen LogP contribution in [-0.2, 0) is 17.6 Å². The maximum Gasteiger partial charge on any atom is 0.141 e. The molecule has 0 unspecified atom stereocenters. The van der Waals surface area contributed by atoms with Gasteiger partial charge in [-0.3, -0.25) is 4.79 Å². The van der Waals surface area contributed by atoms with Crippen LogP contribution < -0.4 is 0 Å². The van der Waals surface area contributed by atoms with Crippen molar-refractivity contribution in [3.05, 3.63) is 68.9 Å². The third-order valence-corrected chi connectivity index (χ3v) is 3.83. The summed E-state index contributed by atoms with van der Waals surface area (Å²) < 4.78 is 13.7. The van der Waals surface area contributed by atoms with E-state index in [0.29, 0.717) is 21.5 Å². The van der Waals surface area contributed by atoms with Crippen molar-refractivity contribution >= 4 is 33.3 Å². The topological polar surface area (TPSA) is 17.1 Å². The number of rotatable bonds is 4. The van der Waals surface area contributed by atoms with E-state index in [1.165, 1.54) is 6.07 Å². The minimum absolute atomic E-state index is 0.0218. The van der Waals surface area contributed by atoms with Crippen LogP contribution >= 0.6 is 27.5 Å². The summed E-state index contributed by atoms with van der Waals surface area (Å²) in [7, 11) is 0. The number of hydrogen-bond donors (Lipinski definition) is 0. The van der Waals surface area contributed by atoms with E-state index >= 15 is 0 Å². The molecule has 0 bridgehead atoms. The molecule has 0 aromatic heterocycles. The zero-order valence-electron chi connectivity index (χ0n) is 10.00. The Morgan fingerprint density at radius 1 is 1.16 bits per heavy atom. The van der Waals surface area contributed by atoms with Gasteiger partial charge in [0.15, 0.2) is 0 Å². The van der Waals surface area contributed by atoms with Gasteiger partial charge < -0.3 is 0 Å². The highest BCUT2D eigenvalue weighted by molar-refractivity contribution is 9.10. The molecule has 0 saturated carbocycles. The first kappa shape index (κ1) is 14.2. The normalized spacial score (nSPS) is 10.5. The molecule has 0 heterocycles. The van der Waals surface area contributed by atoms with Crippen LogP contribution in [0.5, 0.6) is 0 Å². The van der Waals surface area contributed by atoms with Gasteiger partial charge in [0.2, 0.25) is 0 Å². The zero-order chi connectivity index (χ0) is 13.8. The third-order valence-electron chi connectivity index (χ3n) is 2.71. The Morgan fingerprint density at radius 2 is 1.89 bits per heavy atom. The first-order chi connectivity index (χ1) is 9.06. The van der Waals surface area contributed by atoms with Crippen LogP contribution in [-0.4, -0.2) is 5.78 Å². The highest BCUT2D eigenvalue weighted by atomic mass is 79.9. The molecule has 0 atom stereocenters. The summed E-state index contributed by atoms with van der Waals surface area (Å²) in [4.78, 5) is 12.0. The lowest BCUT2D eigenvalue weighted by Gasteiger charge is -2.05. The van der Waals surface area contributed by atoms with Gasteiger partial charge in [0.1, 0.15) is 11.6 Å². The lowest BCUT2D eigenvalue weighted by Crippen LogP contribution is -2.07. The fourth-order valence-corrected chi connectivity index (χ4v) is 2.45. The first-order valence-electron chi connectivity index (χ1n) is 5.75. The summed E-state index contributed by atoms with van der Waals surface area (Å²) in [6.07, 6.45) is 0.494. The van der Waals surface area contributed by atoms with Crippen molar-refractivity contribution in [2.75, 3.05) is 0 Å². The number of halogens is 3. The number of ketones is 1. The van der Waals surface area contributed by atoms with E-state index in [9.17, 15) is 9.18 Å². The van der Waals surface area contributed by atoms with Gasteiger partial charge in [-0.2, -0.15) is 0 Å². The van der Waals surface area contributed by atoms with Crippen LogP contribution in [0.25, 0.3) is 0 Å². The van der Waals surface area contributed by atoms with E-state index in [-0.39, 0.29) is 18.0 Å². The van der Waals surface area contributed by atoms with Crippen LogP contribution in [0.4, 0.5) is 4.39 Å². The molecule has 0 fully saturated rings. The molecular weight excluding hydrogens is 331 g/mol. The van der Waals surface area contributed by atoms with E-state index in [0.717, 1.165) is 5.56 Å². The summed E-state index contributed by atoms with van der Waals surface area (Å²) in [5.74, 6) is -0.332. The van der Waals surface area contributed by atoms with Gasteiger partial charge >= 0.3 is 0 Å². The number of Topliss-reactive ketones (excluding diaryl/α,β-unsaturated/α-hetero) is 1. The lowest BCUT2D eigenvalue weighted by molar-refractivity contribution is -0.117. The summed E-state index contributed by atoms with van der Waals surface area (Å²) in [5, 5.41) is 0.609. The standard InChI is InChI=1S/C15H11BrClFO/c16-15-11(4-2-6-14(15)18)9-13(19)8-10-3-1-5-12(17)7-10/h1-7H,8-9H2. The van der Waals surface area contributed by atoms with Gasteiger partial charge in [-0.05, 0) is 45.3 Å². The van der Waals surface area contributed by atoms with Crippen molar-refractivity contribution in [3.63, 3.8) is 0 Å². The molecule has 2 rings (SSSR count). The van der Waals surface area contributed by atoms with Gasteiger partial charge in [0, 0.05) is 17.9 Å². The zero-order valence-corrected chi connectivity index (χ0v) is 12.3. The van der Waals surface area contributed by atoms with E-state index in [1.54, 1.807) is 24.3 Å². The van der Waals surface area contributed by atoms with Crippen LogP contribution in [0, 0.1) is 5.82 Å². The molecule has 2 aromatic rings. The minimum atomic E-state index is -0.354. The fraction of sp³-hybridized carbons (Fsp3) is 0.133. The molecule has 98 valence electrons. The van der Waals surface area contributed by atoms with Crippen molar-refractivity contribution in [2.45, 2.75) is 12.8 Å². The SMILES string of the molecule is O=C(Cc1cccc(Cl)c1)Cc1cccc(F)c1Br. The molecule has 0 aliphatic rings. The fourth-order valence-electron chi connectivity index (χ4n) is 1.83. The molecule has 0 saturated heterocycles. The molecule has 19 heavy (non-hydrogen) atoms. The molecule has 0 spiro atoms. The number of hydrogen-bond acceptors (Lipinski definition) is 1. The second-order valence-corrected chi connectivity index (χ2v) is 5.46. The number of carbonyl (C=O) groups excluding carboxylic acids is 1. The predicted molar refractivity (Wildman–Crippen MR) is 78.0 cm³/mol. The molecule has 0 amide bonds. The van der Waals surface area contributed by atoms with Gasteiger partial charge in [-0.25, -0.2) is 4.39 Å². The molecule has 2 aromatic carbocycles. The summed E-state index contributed by atoms with van der Waals surface area (Å²) in [6.45, 7) is 0. The summed E-state index contributed by atoms with van der Waals surface area (Å²) in [5.41, 5.74) is 1.53. The van der Waals surface area contributed by atoms with Crippen molar-refractivity contribution in [2.24, 2.45) is 0 Å². The van der Waals surface area contributed by atoms with E-state index in [2.05, 4.69) is 15.9 Å². The maximum atomic E-state index is 13.3. The quantitative estimate of drug-likeness (QED) is 0.794. The third kappa shape index (κ3) is 3.88. The van der Waals surface area contributed by atoms with Gasteiger partial charge in [-0.1, -0.05) is 35.9 Å². The molecule has 0 aliphatic heterocycles. The van der Waals surface area contributed by atoms with Gasteiger partial charge in [0.05, 0.1) is 4.47 Å². The van der Waals surface area contributed by atoms with Gasteiger partial charge in [0.25, 0.3) is 0 Å². The monoisotopic (exact) mass is 340 g/mol. The smallest absolute Gasteiger partial charge is 0.141 e. The molecule has 4 heteroatoms. The van der Waals surface area contributed by atoms with Crippen LogP contribution in [0.15, 0.2) is 46.9 Å². The Hall–Kier alpha value is -1.19. The van der Waals surface area contributed by atoms with Gasteiger partial charge in [-0.15, -0.1) is 0 Å². The average molecular weight is 342 g/mol. The first-order valence-corrected chi connectivity index (χ1v) is 6.92. The Bertz CT molecular complexity index is 613. The summed E-state index contributed by atoms with van der Waals surface area (Å²) >= 11 is 9.02. The second kappa shape index (κ2) is 6.31. The summed E-state index contributed by atoms with van der Waals surface area (Å²) in [6, 6.07) is 11.9. The van der Waals surface area contributed by atoms with Crippen LogP contribution in [0.2, 0.25) is 5.02 Å². The minimum Gasteiger partial charge on any atom is -0.299 e. The average Bonchev–Trinajstić information content (AvgIpc) is 2.35. The van der Waals surface area contributed by atoms with Crippen molar-refractivity contribution in [1.29, 1.82) is 0 Å². The molecule has 1 nitrogen and oxygen atoms in total. The van der Waals surface area contributed by atoms with Crippen LogP contribution in [0.3, 0.4) is 0 Å². The Kier molecular flexibility index (Phi) is 4.72. The van der Waals surface area contributed by atoms with E-state index in [1.807, 2.05) is 12.1 Å². The lowest BCUT2D eigenvalue weighted by atomic mass is 10.0. The molecule has 0 radical (unpaired) electrons. The van der Waals surface area contributed by atoms with Crippen molar-refractivity contribution in [1.82, 2.24) is 0 Å². The Labute approximate surface area is 124 Å². The van der Waals surface area contributed by atoms with E-state index in [4.69, 9.17) is 11.6 Å². The highest BCUT2D eigenvalue weighted by Crippen LogP contribution is 2.21. The largest absolute Gasteiger partial charge is 0.299 e. The maximum absolute atomic E-state index is 13.3. The number of carbonyl (C=O) groups is 1. The molecule has 0 N–H and O–H groups in total. The molecule has 0 aliphatic carbocycles. The Balaban J connectivity index is 2.08. The molecular formula is C15H11BrClFO. The second-order valence-electron chi connectivity index (χ2n) is 4.24. The predicted octanol–water partition coefficient (Wildman–Crippen LogP) is 4.60. The Morgan fingerprint density at radius 3 is 2.63 bits per heavy atom. The number of benzene rings is 2. The van der Waals surface area contributed by atoms with Crippen molar-refractivity contribution in [3.8, 4) is 0 Å². The van der Waals surface area contributed by atoms with Crippen LogP contribution in [0.1, 0.15) is 11.1 Å². The van der Waals surface area contributed by atoms with E-state index < -0.39 is 0 Å². The van der Waals surface area contributed by atoms with Crippen molar-refractivity contribution < 1.29 is 9.18 Å². The highest BCUT2D eigenvalue weighted by Gasteiger charge is 2.10.